The third kappa shape index (κ3) is 4.86. The van der Waals surface area contributed by atoms with E-state index in [9.17, 15) is 4.79 Å². The molecule has 2 aromatic rings. The summed E-state index contributed by atoms with van der Waals surface area (Å²) in [6.07, 6.45) is 4.10. The number of nitrogens with one attached hydrogen (secondary N) is 1. The summed E-state index contributed by atoms with van der Waals surface area (Å²) in [4.78, 5) is 11.8. The number of hydrogen-bond acceptors (Lipinski definition) is 3. The minimum atomic E-state index is -0.114. The summed E-state index contributed by atoms with van der Waals surface area (Å²) in [6, 6.07) is 7.51. The molecule has 24 heavy (non-hydrogen) atoms. The Morgan fingerprint density at radius 3 is 2.62 bits per heavy atom. The second kappa shape index (κ2) is 8.55. The van der Waals surface area contributed by atoms with Crippen LogP contribution in [0.4, 0.5) is 0 Å². The Balaban J connectivity index is 1.74. The van der Waals surface area contributed by atoms with Gasteiger partial charge in [0, 0.05) is 19.2 Å². The summed E-state index contributed by atoms with van der Waals surface area (Å²) in [5.41, 5.74) is 2.74. The lowest BCUT2D eigenvalue weighted by atomic mass is 10.2. The number of carbonyl (C=O) groups excluding carboxylic acids is 1. The lowest BCUT2D eigenvalue weighted by Crippen LogP contribution is -2.23. The minimum absolute atomic E-state index is 0.114. The van der Waals surface area contributed by atoms with Crippen LogP contribution in [0.3, 0.4) is 0 Å². The summed E-state index contributed by atoms with van der Waals surface area (Å²) in [5.74, 6) is 0.679. The number of amides is 1. The molecule has 0 saturated heterocycles. The van der Waals surface area contributed by atoms with E-state index in [1.165, 1.54) is 6.08 Å². The molecule has 1 heterocycles. The molecule has 0 aliphatic heterocycles. The van der Waals surface area contributed by atoms with Crippen LogP contribution >= 0.6 is 11.6 Å². The first kappa shape index (κ1) is 18.1. The highest BCUT2D eigenvalue weighted by Gasteiger charge is 2.08. The Bertz CT molecular complexity index is 721. The van der Waals surface area contributed by atoms with Gasteiger partial charge in [-0.05, 0) is 44.0 Å². The van der Waals surface area contributed by atoms with Gasteiger partial charge in [0.2, 0.25) is 5.91 Å². The standard InChI is InChI=1S/C18H22ClN3O2/c1-13-18(19)14(2)22(21-13)12-4-11-20-17(23)10-7-15-5-8-16(24-3)9-6-15/h5-10H,4,11-12H2,1-3H3,(H,20,23)/b10-7+. The van der Waals surface area contributed by atoms with E-state index >= 15 is 0 Å². The van der Waals surface area contributed by atoms with Gasteiger partial charge in [-0.3, -0.25) is 9.48 Å². The number of aryl methyl sites for hydroxylation is 2. The van der Waals surface area contributed by atoms with E-state index in [0.717, 1.165) is 35.7 Å². The Morgan fingerprint density at radius 1 is 1.33 bits per heavy atom. The monoisotopic (exact) mass is 347 g/mol. The smallest absolute Gasteiger partial charge is 0.244 e. The van der Waals surface area contributed by atoms with Crippen molar-refractivity contribution in [3.63, 3.8) is 0 Å². The average Bonchev–Trinajstić information content (AvgIpc) is 2.84. The topological polar surface area (TPSA) is 56.1 Å². The highest BCUT2D eigenvalue weighted by atomic mass is 35.5. The van der Waals surface area contributed by atoms with Crippen LogP contribution in [-0.2, 0) is 11.3 Å². The number of rotatable bonds is 7. The molecule has 1 N–H and O–H groups in total. The first-order chi connectivity index (χ1) is 11.5. The fourth-order valence-electron chi connectivity index (χ4n) is 2.28. The highest BCUT2D eigenvalue weighted by Crippen LogP contribution is 2.18. The van der Waals surface area contributed by atoms with E-state index in [1.54, 1.807) is 13.2 Å². The van der Waals surface area contributed by atoms with Gasteiger partial charge >= 0.3 is 0 Å². The molecule has 0 aliphatic carbocycles. The van der Waals surface area contributed by atoms with Crippen molar-refractivity contribution < 1.29 is 9.53 Å². The van der Waals surface area contributed by atoms with Crippen LogP contribution in [-0.4, -0.2) is 29.3 Å². The molecule has 1 aromatic heterocycles. The zero-order valence-corrected chi connectivity index (χ0v) is 14.9. The van der Waals surface area contributed by atoms with Crippen LogP contribution in [0.1, 0.15) is 23.4 Å². The largest absolute Gasteiger partial charge is 0.497 e. The molecule has 0 bridgehead atoms. The fourth-order valence-corrected chi connectivity index (χ4v) is 2.41. The van der Waals surface area contributed by atoms with Gasteiger partial charge < -0.3 is 10.1 Å². The molecule has 128 valence electrons. The van der Waals surface area contributed by atoms with Gasteiger partial charge in [0.15, 0.2) is 0 Å². The van der Waals surface area contributed by atoms with Crippen molar-refractivity contribution in [2.45, 2.75) is 26.8 Å². The molecule has 2 rings (SSSR count). The van der Waals surface area contributed by atoms with Crippen molar-refractivity contribution >= 4 is 23.6 Å². The molecule has 0 unspecified atom stereocenters. The van der Waals surface area contributed by atoms with Gasteiger partial charge in [0.1, 0.15) is 5.75 Å². The summed E-state index contributed by atoms with van der Waals surface area (Å²) in [5, 5.41) is 7.94. The minimum Gasteiger partial charge on any atom is -0.497 e. The lowest BCUT2D eigenvalue weighted by molar-refractivity contribution is -0.116. The zero-order valence-electron chi connectivity index (χ0n) is 14.2. The number of ether oxygens (including phenoxy) is 1. The summed E-state index contributed by atoms with van der Waals surface area (Å²) < 4.78 is 6.97. The number of carbonyl (C=O) groups is 1. The SMILES string of the molecule is COc1ccc(/C=C/C(=O)NCCCn2nc(C)c(Cl)c2C)cc1. The molecule has 6 heteroatoms. The maximum Gasteiger partial charge on any atom is 0.244 e. The van der Waals surface area contributed by atoms with Gasteiger partial charge in [0.05, 0.1) is 23.5 Å². The van der Waals surface area contributed by atoms with Crippen LogP contribution in [0.15, 0.2) is 30.3 Å². The Morgan fingerprint density at radius 2 is 2.04 bits per heavy atom. The summed E-state index contributed by atoms with van der Waals surface area (Å²) in [7, 11) is 1.62. The van der Waals surface area contributed by atoms with Crippen LogP contribution in [0.25, 0.3) is 6.08 Å². The van der Waals surface area contributed by atoms with Gasteiger partial charge in [0.25, 0.3) is 0 Å². The van der Waals surface area contributed by atoms with Crippen LogP contribution in [0.2, 0.25) is 5.02 Å². The Kier molecular flexibility index (Phi) is 6.44. The van der Waals surface area contributed by atoms with E-state index in [1.807, 2.05) is 42.8 Å². The van der Waals surface area contributed by atoms with E-state index in [2.05, 4.69) is 10.4 Å². The predicted molar refractivity (Wildman–Crippen MR) is 96.4 cm³/mol. The van der Waals surface area contributed by atoms with E-state index in [0.29, 0.717) is 11.6 Å². The highest BCUT2D eigenvalue weighted by molar-refractivity contribution is 6.31. The number of halogens is 1. The first-order valence-corrected chi connectivity index (χ1v) is 8.18. The maximum atomic E-state index is 11.8. The van der Waals surface area contributed by atoms with Gasteiger partial charge in [-0.15, -0.1) is 0 Å². The number of nitrogens with zero attached hydrogens (tertiary/aromatic N) is 2. The molecule has 0 atom stereocenters. The average molecular weight is 348 g/mol. The molecular weight excluding hydrogens is 326 g/mol. The molecule has 0 fully saturated rings. The molecule has 1 aromatic carbocycles. The predicted octanol–water partition coefficient (Wildman–Crippen LogP) is 3.38. The van der Waals surface area contributed by atoms with Gasteiger partial charge in [-0.1, -0.05) is 23.7 Å². The van der Waals surface area contributed by atoms with Gasteiger partial charge in [-0.2, -0.15) is 5.10 Å². The van der Waals surface area contributed by atoms with Crippen molar-refractivity contribution in [2.75, 3.05) is 13.7 Å². The van der Waals surface area contributed by atoms with Crippen LogP contribution in [0, 0.1) is 13.8 Å². The van der Waals surface area contributed by atoms with Crippen LogP contribution < -0.4 is 10.1 Å². The number of hydrogen-bond donors (Lipinski definition) is 1. The van der Waals surface area contributed by atoms with Crippen molar-refractivity contribution in [1.29, 1.82) is 0 Å². The molecule has 0 aliphatic rings. The third-order valence-electron chi connectivity index (χ3n) is 3.68. The maximum absolute atomic E-state index is 11.8. The molecule has 0 spiro atoms. The van der Waals surface area contributed by atoms with Crippen molar-refractivity contribution in [1.82, 2.24) is 15.1 Å². The zero-order chi connectivity index (χ0) is 17.5. The van der Waals surface area contributed by atoms with E-state index < -0.39 is 0 Å². The lowest BCUT2D eigenvalue weighted by Gasteiger charge is -2.05. The Hall–Kier alpha value is -2.27. The molecular formula is C18H22ClN3O2. The summed E-state index contributed by atoms with van der Waals surface area (Å²) in [6.45, 7) is 5.14. The normalized spacial score (nSPS) is 11.0. The van der Waals surface area contributed by atoms with Crippen LogP contribution in [0.5, 0.6) is 5.75 Å². The third-order valence-corrected chi connectivity index (χ3v) is 4.23. The second-order valence-electron chi connectivity index (χ2n) is 5.46. The van der Waals surface area contributed by atoms with Crippen molar-refractivity contribution in [3.8, 4) is 5.75 Å². The van der Waals surface area contributed by atoms with Crippen molar-refractivity contribution in [3.05, 3.63) is 52.3 Å². The number of methoxy groups -OCH3 is 1. The number of benzene rings is 1. The molecule has 0 saturated carbocycles. The van der Waals surface area contributed by atoms with E-state index in [-0.39, 0.29) is 5.91 Å². The summed E-state index contributed by atoms with van der Waals surface area (Å²) >= 11 is 6.11. The van der Waals surface area contributed by atoms with Crippen molar-refractivity contribution in [2.24, 2.45) is 0 Å². The van der Waals surface area contributed by atoms with E-state index in [4.69, 9.17) is 16.3 Å². The molecule has 1 amide bonds. The number of aromatic nitrogens is 2. The van der Waals surface area contributed by atoms with Gasteiger partial charge in [-0.25, -0.2) is 0 Å². The molecule has 0 radical (unpaired) electrons. The Labute approximate surface area is 147 Å². The fraction of sp³-hybridized carbons (Fsp3) is 0.333. The quantitative estimate of drug-likeness (QED) is 0.617. The molecule has 5 nitrogen and oxygen atoms in total. The second-order valence-corrected chi connectivity index (χ2v) is 5.84. The first-order valence-electron chi connectivity index (χ1n) is 7.80.